The van der Waals surface area contributed by atoms with Gasteiger partial charge in [0.1, 0.15) is 5.75 Å². The highest BCUT2D eigenvalue weighted by molar-refractivity contribution is 6.35. The average Bonchev–Trinajstić information content (AvgIpc) is 2.37. The van der Waals surface area contributed by atoms with Crippen LogP contribution in [0, 0.1) is 0 Å². The second-order valence-electron chi connectivity index (χ2n) is 4.53. The average molecular weight is 322 g/mol. The monoisotopic (exact) mass is 321 g/mol. The Balaban J connectivity index is 2.68. The molecule has 0 bridgehead atoms. The number of halogens is 2. The van der Waals surface area contributed by atoms with Crippen LogP contribution in [0.3, 0.4) is 0 Å². The van der Waals surface area contributed by atoms with E-state index in [9.17, 15) is 5.11 Å². The van der Waals surface area contributed by atoms with E-state index in [1.165, 1.54) is 0 Å². The predicted molar refractivity (Wildman–Crippen MR) is 81.8 cm³/mol. The minimum absolute atomic E-state index is 0.399. The first-order valence-corrected chi connectivity index (χ1v) is 7.28. The zero-order chi connectivity index (χ0) is 15.0. The minimum Gasteiger partial charge on any atom is -0.492 e. The Labute approximate surface area is 130 Å². The SMILES string of the molecule is COCCNCc1cc(Cl)cc(Cl)c1OCCC(C)O. The van der Waals surface area contributed by atoms with Crippen molar-refractivity contribution in [2.75, 3.05) is 26.9 Å². The molecule has 0 aliphatic carbocycles. The first kappa shape index (κ1) is 17.5. The molecule has 0 aliphatic rings. The lowest BCUT2D eigenvalue weighted by Gasteiger charge is -2.15. The fourth-order valence-electron chi connectivity index (χ4n) is 1.64. The van der Waals surface area contributed by atoms with Crippen LogP contribution in [0.4, 0.5) is 0 Å². The maximum absolute atomic E-state index is 9.25. The highest BCUT2D eigenvalue weighted by Crippen LogP contribution is 2.32. The second-order valence-corrected chi connectivity index (χ2v) is 5.38. The van der Waals surface area contributed by atoms with Crippen molar-refractivity contribution < 1.29 is 14.6 Å². The smallest absolute Gasteiger partial charge is 0.142 e. The van der Waals surface area contributed by atoms with Crippen molar-refractivity contribution in [3.63, 3.8) is 0 Å². The van der Waals surface area contributed by atoms with Gasteiger partial charge in [-0.05, 0) is 19.1 Å². The van der Waals surface area contributed by atoms with Gasteiger partial charge in [0.15, 0.2) is 0 Å². The van der Waals surface area contributed by atoms with Gasteiger partial charge in [0.25, 0.3) is 0 Å². The Morgan fingerprint density at radius 2 is 2.05 bits per heavy atom. The number of aliphatic hydroxyl groups is 1. The van der Waals surface area contributed by atoms with Gasteiger partial charge in [-0.2, -0.15) is 0 Å². The fourth-order valence-corrected chi connectivity index (χ4v) is 2.23. The van der Waals surface area contributed by atoms with Gasteiger partial charge in [0.05, 0.1) is 24.3 Å². The van der Waals surface area contributed by atoms with Crippen LogP contribution in [-0.2, 0) is 11.3 Å². The Morgan fingerprint density at radius 3 is 2.70 bits per heavy atom. The van der Waals surface area contributed by atoms with E-state index < -0.39 is 6.10 Å². The van der Waals surface area contributed by atoms with Gasteiger partial charge in [0.2, 0.25) is 0 Å². The lowest BCUT2D eigenvalue weighted by atomic mass is 10.2. The number of aliphatic hydroxyl groups excluding tert-OH is 1. The van der Waals surface area contributed by atoms with E-state index in [4.69, 9.17) is 32.7 Å². The first-order chi connectivity index (χ1) is 9.54. The van der Waals surface area contributed by atoms with Gasteiger partial charge in [-0.3, -0.25) is 0 Å². The summed E-state index contributed by atoms with van der Waals surface area (Å²) < 4.78 is 10.6. The summed E-state index contributed by atoms with van der Waals surface area (Å²) in [5.74, 6) is 0.613. The summed E-state index contributed by atoms with van der Waals surface area (Å²) in [6.45, 7) is 4.08. The molecule has 0 spiro atoms. The largest absolute Gasteiger partial charge is 0.492 e. The number of ether oxygens (including phenoxy) is 2. The maximum atomic E-state index is 9.25. The molecule has 6 heteroatoms. The summed E-state index contributed by atoms with van der Waals surface area (Å²) in [7, 11) is 1.66. The van der Waals surface area contributed by atoms with Crippen molar-refractivity contribution in [1.82, 2.24) is 5.32 Å². The molecule has 1 atom stereocenters. The number of hydrogen-bond donors (Lipinski definition) is 2. The van der Waals surface area contributed by atoms with Crippen LogP contribution < -0.4 is 10.1 Å². The Bertz CT molecular complexity index is 414. The van der Waals surface area contributed by atoms with Crippen molar-refractivity contribution in [1.29, 1.82) is 0 Å². The maximum Gasteiger partial charge on any atom is 0.142 e. The molecule has 20 heavy (non-hydrogen) atoms. The molecular weight excluding hydrogens is 301 g/mol. The Hall–Kier alpha value is -0.520. The van der Waals surface area contributed by atoms with E-state index in [-0.39, 0.29) is 0 Å². The van der Waals surface area contributed by atoms with Gasteiger partial charge in [-0.15, -0.1) is 0 Å². The number of methoxy groups -OCH3 is 1. The van der Waals surface area contributed by atoms with Crippen molar-refractivity contribution >= 4 is 23.2 Å². The first-order valence-electron chi connectivity index (χ1n) is 6.53. The van der Waals surface area contributed by atoms with Crippen LogP contribution in [0.25, 0.3) is 0 Å². The molecule has 1 rings (SSSR count). The molecule has 0 heterocycles. The zero-order valence-corrected chi connectivity index (χ0v) is 13.3. The van der Waals surface area contributed by atoms with E-state index >= 15 is 0 Å². The molecule has 0 aromatic heterocycles. The van der Waals surface area contributed by atoms with Crippen molar-refractivity contribution in [3.8, 4) is 5.75 Å². The third-order valence-electron chi connectivity index (χ3n) is 2.67. The van der Waals surface area contributed by atoms with E-state index in [2.05, 4.69) is 5.32 Å². The highest BCUT2D eigenvalue weighted by Gasteiger charge is 2.11. The standard InChI is InChI=1S/C14H21Cl2NO3/c1-10(18)3-5-20-14-11(9-17-4-6-19-2)7-12(15)8-13(14)16/h7-8,10,17-18H,3-6,9H2,1-2H3. The Morgan fingerprint density at radius 1 is 1.30 bits per heavy atom. The summed E-state index contributed by atoms with van der Waals surface area (Å²) in [6.07, 6.45) is 0.152. The van der Waals surface area contributed by atoms with E-state index in [0.717, 1.165) is 12.1 Å². The molecule has 1 aromatic rings. The van der Waals surface area contributed by atoms with Crippen LogP contribution in [0.2, 0.25) is 10.0 Å². The summed E-state index contributed by atoms with van der Waals surface area (Å²) in [5, 5.41) is 13.5. The molecular formula is C14H21Cl2NO3. The topological polar surface area (TPSA) is 50.7 Å². The third kappa shape index (κ3) is 6.29. The minimum atomic E-state index is -0.399. The lowest BCUT2D eigenvalue weighted by molar-refractivity contribution is 0.155. The van der Waals surface area contributed by atoms with Crippen LogP contribution in [0.5, 0.6) is 5.75 Å². The molecule has 0 saturated carbocycles. The van der Waals surface area contributed by atoms with Gasteiger partial charge < -0.3 is 19.9 Å². The summed E-state index contributed by atoms with van der Waals surface area (Å²) in [5.41, 5.74) is 0.893. The van der Waals surface area contributed by atoms with Gasteiger partial charge in [-0.1, -0.05) is 23.2 Å². The number of benzene rings is 1. The molecule has 0 saturated heterocycles. The number of rotatable bonds is 9. The van der Waals surface area contributed by atoms with Crippen LogP contribution in [-0.4, -0.2) is 38.1 Å². The summed E-state index contributed by atoms with van der Waals surface area (Å²) in [6, 6.07) is 3.48. The van der Waals surface area contributed by atoms with Gasteiger partial charge in [-0.25, -0.2) is 0 Å². The molecule has 0 amide bonds. The van der Waals surface area contributed by atoms with Crippen molar-refractivity contribution in [2.45, 2.75) is 26.0 Å². The molecule has 114 valence electrons. The molecule has 1 aromatic carbocycles. The van der Waals surface area contributed by atoms with Gasteiger partial charge in [0, 0.05) is 37.2 Å². The normalized spacial score (nSPS) is 12.4. The molecule has 1 unspecified atom stereocenters. The molecule has 0 radical (unpaired) electrons. The molecule has 0 fully saturated rings. The molecule has 4 nitrogen and oxygen atoms in total. The van der Waals surface area contributed by atoms with E-state index in [1.807, 2.05) is 6.07 Å². The van der Waals surface area contributed by atoms with Crippen LogP contribution >= 0.6 is 23.2 Å². The predicted octanol–water partition coefficient (Wildman–Crippen LogP) is 2.88. The lowest BCUT2D eigenvalue weighted by Crippen LogP contribution is -2.19. The van der Waals surface area contributed by atoms with E-state index in [1.54, 1.807) is 20.1 Å². The van der Waals surface area contributed by atoms with Crippen LogP contribution in [0.15, 0.2) is 12.1 Å². The zero-order valence-electron chi connectivity index (χ0n) is 11.8. The number of nitrogens with one attached hydrogen (secondary N) is 1. The molecule has 2 N–H and O–H groups in total. The highest BCUT2D eigenvalue weighted by atomic mass is 35.5. The number of hydrogen-bond acceptors (Lipinski definition) is 4. The van der Waals surface area contributed by atoms with Gasteiger partial charge >= 0.3 is 0 Å². The quantitative estimate of drug-likeness (QED) is 0.687. The fraction of sp³-hybridized carbons (Fsp3) is 0.571. The van der Waals surface area contributed by atoms with Crippen LogP contribution in [0.1, 0.15) is 18.9 Å². The Kier molecular flexibility index (Phi) is 8.26. The third-order valence-corrected chi connectivity index (χ3v) is 3.16. The van der Waals surface area contributed by atoms with E-state index in [0.29, 0.717) is 42.0 Å². The summed E-state index contributed by atoms with van der Waals surface area (Å²) >= 11 is 12.2. The summed E-state index contributed by atoms with van der Waals surface area (Å²) in [4.78, 5) is 0. The van der Waals surface area contributed by atoms with Crippen molar-refractivity contribution in [3.05, 3.63) is 27.7 Å². The van der Waals surface area contributed by atoms with Crippen molar-refractivity contribution in [2.24, 2.45) is 0 Å². The second kappa shape index (κ2) is 9.42. The molecule has 0 aliphatic heterocycles.